The summed E-state index contributed by atoms with van der Waals surface area (Å²) in [5.74, 6) is 3.36. The van der Waals surface area contributed by atoms with Crippen LogP contribution in [0.1, 0.15) is 0 Å². The first kappa shape index (κ1) is 13.9. The van der Waals surface area contributed by atoms with Crippen LogP contribution in [0.15, 0.2) is 24.4 Å². The molecule has 0 fully saturated rings. The summed E-state index contributed by atoms with van der Waals surface area (Å²) < 4.78 is 18.8. The predicted octanol–water partition coefficient (Wildman–Crippen LogP) is 2.26. The Balaban J connectivity index is 2.46. The molecule has 0 spiro atoms. The highest BCUT2D eigenvalue weighted by molar-refractivity contribution is 6.30. The molecule has 104 valence electrons. The van der Waals surface area contributed by atoms with Crippen molar-refractivity contribution in [2.75, 3.05) is 5.43 Å². The fourth-order valence-electron chi connectivity index (χ4n) is 1.30. The van der Waals surface area contributed by atoms with Gasteiger partial charge in [-0.2, -0.15) is 4.98 Å². The van der Waals surface area contributed by atoms with E-state index in [0.717, 1.165) is 6.20 Å². The molecule has 10 heteroatoms. The van der Waals surface area contributed by atoms with Gasteiger partial charge in [0.25, 0.3) is 0 Å². The molecule has 3 N–H and O–H groups in total. The summed E-state index contributed by atoms with van der Waals surface area (Å²) in [5, 5.41) is 10.7. The van der Waals surface area contributed by atoms with Crippen LogP contribution >= 0.6 is 11.6 Å². The molecule has 0 aliphatic heterocycles. The molecular weight excluding hydrogens is 293 g/mol. The van der Waals surface area contributed by atoms with Crippen molar-refractivity contribution in [2.45, 2.75) is 0 Å². The minimum atomic E-state index is -0.857. The van der Waals surface area contributed by atoms with E-state index >= 15 is 0 Å². The van der Waals surface area contributed by atoms with E-state index in [1.165, 1.54) is 18.2 Å². The van der Waals surface area contributed by atoms with Gasteiger partial charge in [-0.25, -0.2) is 15.2 Å². The average molecular weight is 300 g/mol. The molecule has 0 amide bonds. The number of nitrogens with one attached hydrogen (secondary N) is 1. The molecular formula is C10H7ClFN5O3. The van der Waals surface area contributed by atoms with Gasteiger partial charge in [-0.1, -0.05) is 17.7 Å². The number of aromatic nitrogens is 2. The van der Waals surface area contributed by atoms with E-state index in [9.17, 15) is 14.5 Å². The third-order valence-electron chi connectivity index (χ3n) is 2.18. The number of halogens is 2. The predicted molar refractivity (Wildman–Crippen MR) is 68.0 cm³/mol. The van der Waals surface area contributed by atoms with Crippen molar-refractivity contribution in [3.05, 3.63) is 45.4 Å². The fourth-order valence-corrected chi connectivity index (χ4v) is 1.46. The topological polar surface area (TPSA) is 116 Å². The first-order valence-electron chi connectivity index (χ1n) is 5.13. The van der Waals surface area contributed by atoms with Gasteiger partial charge in [-0.3, -0.25) is 15.5 Å². The fraction of sp³-hybridized carbons (Fsp3) is 0. The maximum Gasteiger partial charge on any atom is 0.349 e. The molecule has 0 radical (unpaired) electrons. The van der Waals surface area contributed by atoms with Crippen LogP contribution in [-0.4, -0.2) is 14.9 Å². The summed E-state index contributed by atoms with van der Waals surface area (Å²) in [6.45, 7) is 0. The van der Waals surface area contributed by atoms with Crippen LogP contribution in [0.25, 0.3) is 0 Å². The number of hydrogen-bond acceptors (Lipinski definition) is 7. The minimum absolute atomic E-state index is 0.118. The second kappa shape index (κ2) is 5.63. The number of hydrogen-bond donors (Lipinski definition) is 2. The lowest BCUT2D eigenvalue weighted by atomic mass is 10.3. The SMILES string of the molecule is NNc1ncc([N+](=O)[O-])c(Oc2cccc(Cl)c2F)n1. The van der Waals surface area contributed by atoms with E-state index in [1.807, 2.05) is 0 Å². The summed E-state index contributed by atoms with van der Waals surface area (Å²) in [7, 11) is 0. The Bertz CT molecular complexity index is 669. The van der Waals surface area contributed by atoms with Crippen molar-refractivity contribution in [1.29, 1.82) is 0 Å². The Morgan fingerprint density at radius 1 is 1.50 bits per heavy atom. The highest BCUT2D eigenvalue weighted by Crippen LogP contribution is 2.32. The van der Waals surface area contributed by atoms with Crippen molar-refractivity contribution < 1.29 is 14.1 Å². The van der Waals surface area contributed by atoms with Gasteiger partial charge in [0.2, 0.25) is 5.95 Å². The highest BCUT2D eigenvalue weighted by Gasteiger charge is 2.21. The molecule has 0 saturated heterocycles. The lowest BCUT2D eigenvalue weighted by Gasteiger charge is -2.07. The van der Waals surface area contributed by atoms with Gasteiger partial charge in [0, 0.05) is 0 Å². The van der Waals surface area contributed by atoms with Gasteiger partial charge in [-0.15, -0.1) is 0 Å². The number of ether oxygens (including phenoxy) is 1. The zero-order valence-electron chi connectivity index (χ0n) is 9.71. The van der Waals surface area contributed by atoms with Crippen LogP contribution in [0.2, 0.25) is 5.02 Å². The molecule has 8 nitrogen and oxygen atoms in total. The quantitative estimate of drug-likeness (QED) is 0.505. The first-order valence-corrected chi connectivity index (χ1v) is 5.50. The molecule has 0 saturated carbocycles. The Kier molecular flexibility index (Phi) is 3.91. The molecule has 1 heterocycles. The summed E-state index contributed by atoms with van der Waals surface area (Å²) in [5.41, 5.74) is 1.56. The lowest BCUT2D eigenvalue weighted by molar-refractivity contribution is -0.386. The van der Waals surface area contributed by atoms with Crippen molar-refractivity contribution in [3.8, 4) is 11.6 Å². The Morgan fingerprint density at radius 3 is 2.90 bits per heavy atom. The Labute approximate surface area is 116 Å². The molecule has 0 aliphatic carbocycles. The minimum Gasteiger partial charge on any atom is -0.430 e. The van der Waals surface area contributed by atoms with E-state index < -0.39 is 22.3 Å². The van der Waals surface area contributed by atoms with E-state index in [1.54, 1.807) is 0 Å². The molecule has 0 atom stereocenters. The first-order chi connectivity index (χ1) is 9.52. The van der Waals surface area contributed by atoms with Crippen molar-refractivity contribution in [2.24, 2.45) is 5.84 Å². The standard InChI is InChI=1S/C10H7ClFN5O3/c11-5-2-1-3-7(8(5)12)20-9-6(17(18)19)4-14-10(15-9)16-13/h1-4H,13H2,(H,14,15,16). The maximum absolute atomic E-state index is 13.7. The summed E-state index contributed by atoms with van der Waals surface area (Å²) in [4.78, 5) is 17.3. The van der Waals surface area contributed by atoms with Crippen molar-refractivity contribution >= 4 is 23.2 Å². The molecule has 0 aliphatic rings. The van der Waals surface area contributed by atoms with Gasteiger partial charge >= 0.3 is 11.6 Å². The normalized spacial score (nSPS) is 10.2. The van der Waals surface area contributed by atoms with Crippen LogP contribution in [0, 0.1) is 15.9 Å². The highest BCUT2D eigenvalue weighted by atomic mass is 35.5. The monoisotopic (exact) mass is 299 g/mol. The van der Waals surface area contributed by atoms with Gasteiger partial charge in [0.1, 0.15) is 6.20 Å². The molecule has 20 heavy (non-hydrogen) atoms. The lowest BCUT2D eigenvalue weighted by Crippen LogP contribution is -2.11. The van der Waals surface area contributed by atoms with Gasteiger partial charge < -0.3 is 4.74 Å². The summed E-state index contributed by atoms with van der Waals surface area (Å²) in [6.07, 6.45) is 0.889. The second-order valence-electron chi connectivity index (χ2n) is 3.44. The molecule has 1 aromatic carbocycles. The van der Waals surface area contributed by atoms with Crippen LogP contribution < -0.4 is 16.0 Å². The number of rotatable bonds is 4. The summed E-state index contributed by atoms with van der Waals surface area (Å²) >= 11 is 5.59. The number of benzene rings is 1. The molecule has 0 unspecified atom stereocenters. The van der Waals surface area contributed by atoms with Crippen LogP contribution in [0.3, 0.4) is 0 Å². The molecule has 1 aromatic heterocycles. The van der Waals surface area contributed by atoms with Crippen LogP contribution in [0.4, 0.5) is 16.0 Å². The van der Waals surface area contributed by atoms with Crippen molar-refractivity contribution in [1.82, 2.24) is 9.97 Å². The van der Waals surface area contributed by atoms with E-state index in [4.69, 9.17) is 22.2 Å². The third kappa shape index (κ3) is 2.73. The maximum atomic E-state index is 13.7. The largest absolute Gasteiger partial charge is 0.430 e. The molecule has 2 aromatic rings. The Morgan fingerprint density at radius 2 is 2.25 bits per heavy atom. The Hall–Kier alpha value is -2.52. The van der Waals surface area contributed by atoms with Gasteiger partial charge in [-0.05, 0) is 12.1 Å². The average Bonchev–Trinajstić information content (AvgIpc) is 2.43. The number of hydrazine groups is 1. The number of nitrogen functional groups attached to an aromatic ring is 1. The smallest absolute Gasteiger partial charge is 0.349 e. The molecule has 0 bridgehead atoms. The third-order valence-corrected chi connectivity index (χ3v) is 2.48. The van der Waals surface area contributed by atoms with E-state index in [-0.39, 0.29) is 16.7 Å². The zero-order valence-corrected chi connectivity index (χ0v) is 10.5. The number of nitrogens with two attached hydrogens (primary N) is 1. The number of anilines is 1. The number of nitrogens with zero attached hydrogens (tertiary/aromatic N) is 3. The summed E-state index contributed by atoms with van der Waals surface area (Å²) in [6, 6.07) is 3.99. The molecule has 2 rings (SSSR count). The second-order valence-corrected chi connectivity index (χ2v) is 3.85. The zero-order chi connectivity index (χ0) is 14.7. The van der Waals surface area contributed by atoms with Crippen molar-refractivity contribution in [3.63, 3.8) is 0 Å². The number of nitro groups is 1. The van der Waals surface area contributed by atoms with E-state index in [0.29, 0.717) is 0 Å². The van der Waals surface area contributed by atoms with Gasteiger partial charge in [0.15, 0.2) is 11.6 Å². The van der Waals surface area contributed by atoms with E-state index in [2.05, 4.69) is 15.4 Å². The van der Waals surface area contributed by atoms with Crippen LogP contribution in [-0.2, 0) is 0 Å². The van der Waals surface area contributed by atoms with Gasteiger partial charge in [0.05, 0.1) is 9.95 Å². The van der Waals surface area contributed by atoms with Crippen LogP contribution in [0.5, 0.6) is 11.6 Å².